The lowest BCUT2D eigenvalue weighted by Crippen LogP contribution is -2.49. The summed E-state index contributed by atoms with van der Waals surface area (Å²) in [7, 11) is 1.50. The molecule has 3 amide bonds. The first-order valence-electron chi connectivity index (χ1n) is 10.3. The monoisotopic (exact) mass is 459 g/mol. The molecule has 3 rings (SSSR count). The molecule has 2 N–H and O–H groups in total. The number of amides is 3. The molecule has 0 aliphatic carbocycles. The zero-order chi connectivity index (χ0) is 23.1. The van der Waals surface area contributed by atoms with Crippen molar-refractivity contribution in [1.29, 1.82) is 0 Å². The topological polar surface area (TPSA) is 97.0 Å². The Kier molecular flexibility index (Phi) is 7.94. The van der Waals surface area contributed by atoms with E-state index in [0.29, 0.717) is 48.0 Å². The van der Waals surface area contributed by atoms with Gasteiger partial charge in [-0.25, -0.2) is 0 Å². The van der Waals surface area contributed by atoms with Gasteiger partial charge in [0.05, 0.1) is 12.7 Å². The summed E-state index contributed by atoms with van der Waals surface area (Å²) >= 11 is 6.02. The third-order valence-corrected chi connectivity index (χ3v) is 5.46. The van der Waals surface area contributed by atoms with Crippen LogP contribution >= 0.6 is 11.6 Å². The second-order valence-electron chi connectivity index (χ2n) is 7.55. The van der Waals surface area contributed by atoms with E-state index in [1.165, 1.54) is 7.11 Å². The molecular formula is C23H26ClN3O5. The molecular weight excluding hydrogens is 434 g/mol. The van der Waals surface area contributed by atoms with Crippen LogP contribution in [0, 0.1) is 12.8 Å². The number of piperidine rings is 1. The van der Waals surface area contributed by atoms with E-state index in [0.717, 1.165) is 5.56 Å². The van der Waals surface area contributed by atoms with Gasteiger partial charge in [0.1, 0.15) is 11.5 Å². The van der Waals surface area contributed by atoms with Gasteiger partial charge in [0.15, 0.2) is 6.61 Å². The second kappa shape index (κ2) is 10.9. The Hall–Kier alpha value is -3.26. The molecule has 1 fully saturated rings. The molecule has 0 bridgehead atoms. The number of nitrogens with zero attached hydrogens (tertiary/aromatic N) is 1. The predicted molar refractivity (Wildman–Crippen MR) is 120 cm³/mol. The third-order valence-electron chi connectivity index (χ3n) is 5.23. The number of aryl methyl sites for hydroxylation is 1. The number of carbonyl (C=O) groups excluding carboxylic acids is 3. The number of carbonyl (C=O) groups is 3. The van der Waals surface area contributed by atoms with Crippen LogP contribution in [0.15, 0.2) is 42.5 Å². The van der Waals surface area contributed by atoms with E-state index in [1.54, 1.807) is 29.2 Å². The van der Waals surface area contributed by atoms with Crippen LogP contribution in [0.4, 0.5) is 0 Å². The highest BCUT2D eigenvalue weighted by Gasteiger charge is 2.29. The minimum Gasteiger partial charge on any atom is -0.496 e. The molecule has 2 aromatic rings. The van der Waals surface area contributed by atoms with Gasteiger partial charge in [-0.1, -0.05) is 23.7 Å². The Bertz CT molecular complexity index is 989. The number of hydrogen-bond acceptors (Lipinski definition) is 5. The van der Waals surface area contributed by atoms with E-state index in [9.17, 15) is 14.4 Å². The van der Waals surface area contributed by atoms with Crippen LogP contribution in [-0.2, 0) is 9.59 Å². The fraction of sp³-hybridized carbons (Fsp3) is 0.348. The number of hydrazine groups is 1. The molecule has 170 valence electrons. The van der Waals surface area contributed by atoms with Crippen LogP contribution in [0.5, 0.6) is 11.5 Å². The van der Waals surface area contributed by atoms with Crippen LogP contribution in [0.1, 0.15) is 28.8 Å². The summed E-state index contributed by atoms with van der Waals surface area (Å²) in [6, 6.07) is 12.2. The number of likely N-dealkylation sites (tertiary alicyclic amines) is 1. The minimum absolute atomic E-state index is 0.190. The summed E-state index contributed by atoms with van der Waals surface area (Å²) in [5.41, 5.74) is 6.23. The molecule has 1 heterocycles. The maximum atomic E-state index is 12.8. The van der Waals surface area contributed by atoms with E-state index in [-0.39, 0.29) is 24.3 Å². The third kappa shape index (κ3) is 6.13. The Morgan fingerprint density at radius 1 is 1.09 bits per heavy atom. The van der Waals surface area contributed by atoms with Crippen molar-refractivity contribution in [2.45, 2.75) is 19.8 Å². The van der Waals surface area contributed by atoms with Gasteiger partial charge < -0.3 is 14.4 Å². The molecule has 1 aliphatic rings. The van der Waals surface area contributed by atoms with Gasteiger partial charge in [-0.05, 0) is 55.7 Å². The zero-order valence-electron chi connectivity index (χ0n) is 18.0. The molecule has 2 aromatic carbocycles. The summed E-state index contributed by atoms with van der Waals surface area (Å²) in [5.74, 6) is -0.209. The van der Waals surface area contributed by atoms with Crippen LogP contribution in [0.3, 0.4) is 0 Å². The number of nitrogens with one attached hydrogen (secondary N) is 2. The Balaban J connectivity index is 1.43. The molecule has 0 saturated carbocycles. The van der Waals surface area contributed by atoms with E-state index >= 15 is 0 Å². The summed E-state index contributed by atoms with van der Waals surface area (Å²) in [4.78, 5) is 38.9. The number of rotatable bonds is 6. The highest BCUT2D eigenvalue weighted by molar-refractivity contribution is 6.31. The number of ether oxygens (including phenoxy) is 2. The molecule has 1 aliphatic heterocycles. The molecule has 0 radical (unpaired) electrons. The summed E-state index contributed by atoms with van der Waals surface area (Å²) in [5, 5.41) is 0.450. The number of methoxy groups -OCH3 is 1. The van der Waals surface area contributed by atoms with Crippen molar-refractivity contribution in [2.75, 3.05) is 26.8 Å². The predicted octanol–water partition coefficient (Wildman–Crippen LogP) is 2.74. The number of hydrogen-bond donors (Lipinski definition) is 2. The molecule has 9 heteroatoms. The fourth-order valence-corrected chi connectivity index (χ4v) is 3.66. The smallest absolute Gasteiger partial charge is 0.276 e. The molecule has 1 saturated heterocycles. The van der Waals surface area contributed by atoms with Gasteiger partial charge in [-0.3, -0.25) is 25.2 Å². The Morgan fingerprint density at radius 2 is 1.84 bits per heavy atom. The highest BCUT2D eigenvalue weighted by Crippen LogP contribution is 2.26. The average Bonchev–Trinajstić information content (AvgIpc) is 2.81. The molecule has 0 aromatic heterocycles. The van der Waals surface area contributed by atoms with Crippen molar-refractivity contribution in [3.63, 3.8) is 0 Å². The normalized spacial score (nSPS) is 13.9. The van der Waals surface area contributed by atoms with E-state index in [1.807, 2.05) is 25.1 Å². The molecule has 0 spiro atoms. The van der Waals surface area contributed by atoms with Crippen LogP contribution in [0.2, 0.25) is 5.02 Å². The fourth-order valence-electron chi connectivity index (χ4n) is 3.49. The van der Waals surface area contributed by atoms with Crippen LogP contribution in [0.25, 0.3) is 0 Å². The standard InChI is InChI=1S/C23H26ClN3O5/c1-15-4-3-5-18(12-15)32-14-21(28)25-26-22(29)16-8-10-27(11-9-16)23(30)19-13-17(24)6-7-20(19)31-2/h3-7,12-13,16H,8-11,14H2,1-2H3,(H,25,28)(H,26,29). The van der Waals surface area contributed by atoms with Gasteiger partial charge in [-0.15, -0.1) is 0 Å². The first-order valence-corrected chi connectivity index (χ1v) is 10.7. The maximum Gasteiger partial charge on any atom is 0.276 e. The maximum absolute atomic E-state index is 12.8. The quantitative estimate of drug-likeness (QED) is 0.647. The summed E-state index contributed by atoms with van der Waals surface area (Å²) in [6.45, 7) is 2.55. The first-order chi connectivity index (χ1) is 15.4. The second-order valence-corrected chi connectivity index (χ2v) is 7.99. The molecule has 8 nitrogen and oxygen atoms in total. The Morgan fingerprint density at radius 3 is 2.53 bits per heavy atom. The van der Waals surface area contributed by atoms with Crippen molar-refractivity contribution in [3.05, 3.63) is 58.6 Å². The zero-order valence-corrected chi connectivity index (χ0v) is 18.8. The minimum atomic E-state index is -0.458. The Labute approximate surface area is 191 Å². The van der Waals surface area contributed by atoms with Crippen molar-refractivity contribution in [1.82, 2.24) is 15.8 Å². The van der Waals surface area contributed by atoms with Crippen molar-refractivity contribution >= 4 is 29.3 Å². The van der Waals surface area contributed by atoms with Crippen LogP contribution in [-0.4, -0.2) is 49.4 Å². The molecule has 32 heavy (non-hydrogen) atoms. The first kappa shape index (κ1) is 23.4. The van der Waals surface area contributed by atoms with Gasteiger partial charge >= 0.3 is 0 Å². The van der Waals surface area contributed by atoms with Gasteiger partial charge in [0.2, 0.25) is 5.91 Å². The van der Waals surface area contributed by atoms with Crippen molar-refractivity contribution < 1.29 is 23.9 Å². The molecule has 0 atom stereocenters. The van der Waals surface area contributed by atoms with E-state index in [2.05, 4.69) is 10.9 Å². The SMILES string of the molecule is COc1ccc(Cl)cc1C(=O)N1CCC(C(=O)NNC(=O)COc2cccc(C)c2)CC1. The number of halogens is 1. The average molecular weight is 460 g/mol. The van der Waals surface area contributed by atoms with Gasteiger partial charge in [0.25, 0.3) is 11.8 Å². The largest absolute Gasteiger partial charge is 0.496 e. The van der Waals surface area contributed by atoms with E-state index < -0.39 is 5.91 Å². The summed E-state index contributed by atoms with van der Waals surface area (Å²) in [6.07, 6.45) is 0.965. The lowest BCUT2D eigenvalue weighted by Gasteiger charge is -2.31. The lowest BCUT2D eigenvalue weighted by molar-refractivity contribution is -0.132. The number of benzene rings is 2. The van der Waals surface area contributed by atoms with E-state index in [4.69, 9.17) is 21.1 Å². The summed E-state index contributed by atoms with van der Waals surface area (Å²) < 4.78 is 10.7. The molecule has 0 unspecified atom stereocenters. The lowest BCUT2D eigenvalue weighted by atomic mass is 9.95. The van der Waals surface area contributed by atoms with Crippen molar-refractivity contribution in [2.24, 2.45) is 5.92 Å². The van der Waals surface area contributed by atoms with Gasteiger partial charge in [0, 0.05) is 24.0 Å². The highest BCUT2D eigenvalue weighted by atomic mass is 35.5. The van der Waals surface area contributed by atoms with Crippen molar-refractivity contribution in [3.8, 4) is 11.5 Å². The van der Waals surface area contributed by atoms with Crippen LogP contribution < -0.4 is 20.3 Å². The van der Waals surface area contributed by atoms with Gasteiger partial charge in [-0.2, -0.15) is 0 Å².